The highest BCUT2D eigenvalue weighted by atomic mass is 35.5. The molecular formula is C15H7Cl2F2NO2S. The van der Waals surface area contributed by atoms with E-state index in [9.17, 15) is 17.2 Å². The normalized spacial score (nSPS) is 12.0. The van der Waals surface area contributed by atoms with Crippen LogP contribution in [0, 0.1) is 23.0 Å². The van der Waals surface area contributed by atoms with E-state index < -0.39 is 36.8 Å². The first-order valence-corrected chi connectivity index (χ1v) is 8.27. The molecule has 0 unspecified atom stereocenters. The number of hydrogen-bond donors (Lipinski definition) is 0. The molecule has 8 heteroatoms. The molecule has 0 bridgehead atoms. The fraction of sp³-hybridized carbons (Fsp3) is 0. The molecule has 0 N–H and O–H groups in total. The number of hydrogen-bond acceptors (Lipinski definition) is 3. The second-order valence-corrected chi connectivity index (χ2v) is 7.06. The van der Waals surface area contributed by atoms with E-state index in [-0.39, 0.29) is 10.0 Å². The maximum absolute atomic E-state index is 13.6. The Kier molecular flexibility index (Phi) is 5.05. The van der Waals surface area contributed by atoms with E-state index in [0.29, 0.717) is 6.08 Å². The molecule has 2 aromatic rings. The molecule has 0 heterocycles. The summed E-state index contributed by atoms with van der Waals surface area (Å²) < 4.78 is 52.3. The Morgan fingerprint density at radius 2 is 1.74 bits per heavy atom. The lowest BCUT2D eigenvalue weighted by Gasteiger charge is -2.06. The molecule has 0 spiro atoms. The summed E-state index contributed by atoms with van der Waals surface area (Å²) in [6.07, 6.45) is 0.622. The molecule has 0 aliphatic heterocycles. The number of nitrogens with zero attached hydrogens (tertiary/aromatic N) is 1. The molecule has 0 saturated heterocycles. The molecule has 0 aliphatic rings. The van der Waals surface area contributed by atoms with Gasteiger partial charge in [0, 0.05) is 10.6 Å². The summed E-state index contributed by atoms with van der Waals surface area (Å²) in [5.41, 5.74) is -0.634. The van der Waals surface area contributed by atoms with Crippen LogP contribution in [-0.2, 0) is 9.84 Å². The van der Waals surface area contributed by atoms with Crippen molar-refractivity contribution < 1.29 is 17.2 Å². The van der Waals surface area contributed by atoms with Crippen molar-refractivity contribution in [1.29, 1.82) is 5.26 Å². The lowest BCUT2D eigenvalue weighted by Crippen LogP contribution is -2.05. The van der Waals surface area contributed by atoms with E-state index in [0.717, 1.165) is 24.3 Å². The molecule has 0 aliphatic carbocycles. The van der Waals surface area contributed by atoms with E-state index in [1.54, 1.807) is 0 Å². The van der Waals surface area contributed by atoms with Gasteiger partial charge in [-0.25, -0.2) is 17.2 Å². The summed E-state index contributed by atoms with van der Waals surface area (Å²) in [7, 11) is -4.39. The zero-order chi connectivity index (χ0) is 17.2. The van der Waals surface area contributed by atoms with Crippen molar-refractivity contribution in [3.05, 3.63) is 68.5 Å². The molecule has 118 valence electrons. The lowest BCUT2D eigenvalue weighted by molar-refractivity contribution is 0.578. The van der Waals surface area contributed by atoms with Crippen LogP contribution in [0.25, 0.3) is 6.08 Å². The third kappa shape index (κ3) is 3.53. The van der Waals surface area contributed by atoms with Crippen LogP contribution in [0.15, 0.2) is 46.2 Å². The van der Waals surface area contributed by atoms with Crippen molar-refractivity contribution in [2.75, 3.05) is 0 Å². The highest BCUT2D eigenvalue weighted by Gasteiger charge is 2.25. The van der Waals surface area contributed by atoms with Gasteiger partial charge < -0.3 is 0 Å². The Bertz CT molecular complexity index is 930. The van der Waals surface area contributed by atoms with Crippen LogP contribution >= 0.6 is 23.2 Å². The molecular weight excluding hydrogens is 367 g/mol. The summed E-state index contributed by atoms with van der Waals surface area (Å²) in [6.45, 7) is 0. The zero-order valence-electron chi connectivity index (χ0n) is 11.2. The highest BCUT2D eigenvalue weighted by Crippen LogP contribution is 2.30. The van der Waals surface area contributed by atoms with Crippen LogP contribution in [-0.4, -0.2) is 8.42 Å². The number of halogens is 4. The maximum atomic E-state index is 13.6. The number of allylic oxidation sites excluding steroid dienone is 1. The molecule has 2 aromatic carbocycles. The lowest BCUT2D eigenvalue weighted by atomic mass is 10.2. The SMILES string of the molecule is N#C/C(=C\c1c(F)cccc1F)S(=O)(=O)c1cc(Cl)ccc1Cl. The third-order valence-corrected chi connectivity index (χ3v) is 5.24. The van der Waals surface area contributed by atoms with E-state index >= 15 is 0 Å². The van der Waals surface area contributed by atoms with Crippen molar-refractivity contribution in [3.63, 3.8) is 0 Å². The fourth-order valence-corrected chi connectivity index (χ4v) is 3.65. The van der Waals surface area contributed by atoms with Gasteiger partial charge in [0.25, 0.3) is 0 Å². The Morgan fingerprint density at radius 3 is 2.30 bits per heavy atom. The van der Waals surface area contributed by atoms with Gasteiger partial charge >= 0.3 is 0 Å². The standard InChI is InChI=1S/C15H7Cl2F2NO2S/c16-9-4-5-12(17)15(6-9)23(21,22)10(8-20)7-11-13(18)2-1-3-14(11)19/h1-7H/b10-7+. The number of benzene rings is 2. The van der Waals surface area contributed by atoms with Crippen molar-refractivity contribution >= 4 is 39.1 Å². The maximum Gasteiger partial charge on any atom is 0.218 e. The zero-order valence-corrected chi connectivity index (χ0v) is 13.6. The summed E-state index contributed by atoms with van der Waals surface area (Å²) in [5.74, 6) is -1.99. The van der Waals surface area contributed by atoms with Gasteiger partial charge in [-0.3, -0.25) is 0 Å². The van der Waals surface area contributed by atoms with E-state index in [1.807, 2.05) is 0 Å². The monoisotopic (exact) mass is 373 g/mol. The van der Waals surface area contributed by atoms with Gasteiger partial charge in [0.1, 0.15) is 22.6 Å². The largest absolute Gasteiger partial charge is 0.218 e. The molecule has 0 radical (unpaired) electrons. The van der Waals surface area contributed by atoms with Crippen LogP contribution in [0.2, 0.25) is 10.0 Å². The predicted octanol–water partition coefficient (Wildman–Crippen LogP) is 4.61. The predicted molar refractivity (Wildman–Crippen MR) is 83.6 cm³/mol. The summed E-state index contributed by atoms with van der Waals surface area (Å²) in [5, 5.41) is 9.03. The molecule has 0 fully saturated rings. The van der Waals surface area contributed by atoms with Crippen molar-refractivity contribution in [1.82, 2.24) is 0 Å². The molecule has 2 rings (SSSR count). The van der Waals surface area contributed by atoms with Gasteiger partial charge in [-0.05, 0) is 36.4 Å². The second kappa shape index (κ2) is 6.67. The van der Waals surface area contributed by atoms with Gasteiger partial charge in [-0.15, -0.1) is 0 Å². The first-order valence-electron chi connectivity index (χ1n) is 6.03. The molecule has 0 atom stereocenters. The minimum Gasteiger partial charge on any atom is -0.218 e. The van der Waals surface area contributed by atoms with E-state index in [2.05, 4.69) is 0 Å². The highest BCUT2D eigenvalue weighted by molar-refractivity contribution is 7.95. The first kappa shape index (κ1) is 17.4. The van der Waals surface area contributed by atoms with E-state index in [4.69, 9.17) is 28.5 Å². The van der Waals surface area contributed by atoms with Gasteiger partial charge in [0.15, 0.2) is 0 Å². The number of nitriles is 1. The minimum atomic E-state index is -4.39. The summed E-state index contributed by atoms with van der Waals surface area (Å²) in [4.78, 5) is -1.28. The van der Waals surface area contributed by atoms with Crippen molar-refractivity contribution in [3.8, 4) is 6.07 Å². The number of sulfone groups is 1. The molecule has 23 heavy (non-hydrogen) atoms. The van der Waals surface area contributed by atoms with Gasteiger partial charge in [0.05, 0.1) is 9.92 Å². The van der Waals surface area contributed by atoms with Crippen LogP contribution in [0.1, 0.15) is 5.56 Å². The topological polar surface area (TPSA) is 57.9 Å². The van der Waals surface area contributed by atoms with Crippen LogP contribution < -0.4 is 0 Å². The summed E-state index contributed by atoms with van der Waals surface area (Å²) >= 11 is 11.6. The van der Waals surface area contributed by atoms with Crippen LogP contribution in [0.5, 0.6) is 0 Å². The van der Waals surface area contributed by atoms with Gasteiger partial charge in [-0.2, -0.15) is 5.26 Å². The number of rotatable bonds is 3. The molecule has 0 amide bonds. The average molecular weight is 374 g/mol. The fourth-order valence-electron chi connectivity index (χ4n) is 1.75. The third-order valence-electron chi connectivity index (χ3n) is 2.86. The Balaban J connectivity index is 2.68. The smallest absolute Gasteiger partial charge is 0.218 e. The van der Waals surface area contributed by atoms with Crippen molar-refractivity contribution in [2.45, 2.75) is 4.90 Å². The van der Waals surface area contributed by atoms with Gasteiger partial charge in [0.2, 0.25) is 9.84 Å². The molecule has 0 saturated carbocycles. The minimum absolute atomic E-state index is 0.0855. The van der Waals surface area contributed by atoms with E-state index in [1.165, 1.54) is 18.2 Å². The van der Waals surface area contributed by atoms with Crippen molar-refractivity contribution in [2.24, 2.45) is 0 Å². The Morgan fingerprint density at radius 1 is 1.13 bits per heavy atom. The van der Waals surface area contributed by atoms with Crippen LogP contribution in [0.4, 0.5) is 8.78 Å². The first-order chi connectivity index (χ1) is 10.8. The Labute approximate surface area is 141 Å². The van der Waals surface area contributed by atoms with Crippen LogP contribution in [0.3, 0.4) is 0 Å². The average Bonchev–Trinajstić information content (AvgIpc) is 2.49. The Hall–Kier alpha value is -1.94. The summed E-state index contributed by atoms with van der Waals surface area (Å²) in [6, 6.07) is 8.12. The quantitative estimate of drug-likeness (QED) is 0.738. The second-order valence-electron chi connectivity index (χ2n) is 4.33. The molecule has 3 nitrogen and oxygen atoms in total. The molecule has 0 aromatic heterocycles. The van der Waals surface area contributed by atoms with Gasteiger partial charge in [-0.1, -0.05) is 29.3 Å².